The molecular formula is C20H25ClFN3O2. The van der Waals surface area contributed by atoms with E-state index in [2.05, 4.69) is 24.5 Å². The third kappa shape index (κ3) is 6.34. The Kier molecular flexibility index (Phi) is 8.40. The molecule has 146 valence electrons. The Morgan fingerprint density at radius 3 is 2.22 bits per heavy atom. The Morgan fingerprint density at radius 1 is 1.07 bits per heavy atom. The van der Waals surface area contributed by atoms with E-state index < -0.39 is 17.8 Å². The molecule has 7 heteroatoms. The van der Waals surface area contributed by atoms with Crippen LogP contribution in [-0.4, -0.2) is 18.4 Å². The van der Waals surface area contributed by atoms with Crippen molar-refractivity contribution in [3.05, 3.63) is 65.0 Å². The number of anilines is 1. The number of hydrogen-bond acceptors (Lipinski definition) is 3. The predicted molar refractivity (Wildman–Crippen MR) is 108 cm³/mol. The lowest BCUT2D eigenvalue weighted by molar-refractivity contribution is -0.114. The molecule has 2 amide bonds. The molecule has 5 nitrogen and oxygen atoms in total. The van der Waals surface area contributed by atoms with Gasteiger partial charge in [-0.3, -0.25) is 9.59 Å². The predicted octanol–water partition coefficient (Wildman–Crippen LogP) is 3.76. The lowest BCUT2D eigenvalue weighted by Crippen LogP contribution is -2.32. The first-order valence-corrected chi connectivity index (χ1v) is 8.48. The number of rotatable bonds is 6. The Labute approximate surface area is 164 Å². The summed E-state index contributed by atoms with van der Waals surface area (Å²) in [6.07, 6.45) is 0. The van der Waals surface area contributed by atoms with Gasteiger partial charge < -0.3 is 16.4 Å². The van der Waals surface area contributed by atoms with Crippen LogP contribution in [0, 0.1) is 5.82 Å². The van der Waals surface area contributed by atoms with Crippen molar-refractivity contribution < 1.29 is 14.0 Å². The van der Waals surface area contributed by atoms with Crippen LogP contribution in [0.2, 0.25) is 0 Å². The van der Waals surface area contributed by atoms with Gasteiger partial charge in [-0.05, 0) is 35.2 Å². The van der Waals surface area contributed by atoms with Gasteiger partial charge in [0.1, 0.15) is 5.82 Å². The molecule has 0 aliphatic carbocycles. The van der Waals surface area contributed by atoms with Gasteiger partial charge in [-0.1, -0.05) is 38.1 Å². The monoisotopic (exact) mass is 393 g/mol. The fraction of sp³-hybridized carbons (Fsp3) is 0.300. The van der Waals surface area contributed by atoms with Crippen LogP contribution in [-0.2, 0) is 4.79 Å². The first kappa shape index (κ1) is 22.6. The van der Waals surface area contributed by atoms with Gasteiger partial charge in [0.15, 0.2) is 0 Å². The topological polar surface area (TPSA) is 84.2 Å². The molecule has 4 N–H and O–H groups in total. The Morgan fingerprint density at radius 2 is 1.67 bits per heavy atom. The van der Waals surface area contributed by atoms with Gasteiger partial charge in [0.25, 0.3) is 5.91 Å². The molecular weight excluding hydrogens is 369 g/mol. The first-order valence-electron chi connectivity index (χ1n) is 8.48. The number of carbonyl (C=O) groups excluding carboxylic acids is 2. The highest BCUT2D eigenvalue weighted by molar-refractivity contribution is 5.97. The van der Waals surface area contributed by atoms with Crippen LogP contribution >= 0.6 is 12.4 Å². The van der Waals surface area contributed by atoms with Crippen LogP contribution in [0.3, 0.4) is 0 Å². The summed E-state index contributed by atoms with van der Waals surface area (Å²) in [5.74, 6) is -1.11. The molecule has 0 bridgehead atoms. The van der Waals surface area contributed by atoms with E-state index in [0.717, 1.165) is 11.6 Å². The fourth-order valence-corrected chi connectivity index (χ4v) is 2.52. The zero-order valence-corrected chi connectivity index (χ0v) is 16.4. The van der Waals surface area contributed by atoms with Crippen molar-refractivity contribution in [3.8, 4) is 0 Å². The average molecular weight is 394 g/mol. The maximum Gasteiger partial charge on any atom is 0.254 e. The largest absolute Gasteiger partial charge is 0.350 e. The highest BCUT2D eigenvalue weighted by Gasteiger charge is 2.15. The summed E-state index contributed by atoms with van der Waals surface area (Å²) in [6.45, 7) is 5.73. The van der Waals surface area contributed by atoms with E-state index in [4.69, 9.17) is 5.73 Å². The maximum absolute atomic E-state index is 13.9. The summed E-state index contributed by atoms with van der Waals surface area (Å²) < 4.78 is 13.9. The molecule has 2 rings (SSSR count). The number of nitrogens with two attached hydrogens (primary N) is 1. The normalized spacial score (nSPS) is 11.5. The average Bonchev–Trinajstić information content (AvgIpc) is 2.60. The molecule has 1 unspecified atom stereocenters. The minimum atomic E-state index is -0.661. The standard InChI is InChI=1S/C20H24FN3O2.ClH/c1-12(2)14-4-6-15(7-5-14)19(22)11-23-20(26)17-10-16(24-13(3)25)8-9-18(17)21;/h4-10,12,19H,11,22H2,1-3H3,(H,23,26)(H,24,25);1H. The van der Waals surface area contributed by atoms with Gasteiger partial charge in [0.05, 0.1) is 5.56 Å². The Balaban J connectivity index is 0.00000364. The van der Waals surface area contributed by atoms with E-state index in [1.54, 1.807) is 0 Å². The fourth-order valence-electron chi connectivity index (χ4n) is 2.52. The van der Waals surface area contributed by atoms with Crippen molar-refractivity contribution in [1.29, 1.82) is 0 Å². The molecule has 27 heavy (non-hydrogen) atoms. The van der Waals surface area contributed by atoms with Crippen molar-refractivity contribution in [2.24, 2.45) is 5.73 Å². The van der Waals surface area contributed by atoms with Crippen molar-refractivity contribution in [1.82, 2.24) is 5.32 Å². The van der Waals surface area contributed by atoms with Crippen LogP contribution in [0.15, 0.2) is 42.5 Å². The number of amides is 2. The highest BCUT2D eigenvalue weighted by Crippen LogP contribution is 2.18. The molecule has 0 radical (unpaired) electrons. The second-order valence-electron chi connectivity index (χ2n) is 6.51. The second kappa shape index (κ2) is 10.0. The van der Waals surface area contributed by atoms with E-state index in [1.165, 1.54) is 24.6 Å². The molecule has 2 aromatic rings. The van der Waals surface area contributed by atoms with E-state index in [9.17, 15) is 14.0 Å². The highest BCUT2D eigenvalue weighted by atomic mass is 35.5. The number of benzene rings is 2. The number of hydrogen-bond donors (Lipinski definition) is 3. The first-order chi connectivity index (χ1) is 12.3. The molecule has 1 atom stereocenters. The van der Waals surface area contributed by atoms with E-state index in [1.807, 2.05) is 24.3 Å². The lowest BCUT2D eigenvalue weighted by Gasteiger charge is -2.15. The van der Waals surface area contributed by atoms with Crippen LogP contribution in [0.4, 0.5) is 10.1 Å². The van der Waals surface area contributed by atoms with Gasteiger partial charge in [0.2, 0.25) is 5.91 Å². The van der Waals surface area contributed by atoms with Crippen molar-refractivity contribution in [2.45, 2.75) is 32.7 Å². The quantitative estimate of drug-likeness (QED) is 0.698. The molecule has 0 spiro atoms. The third-order valence-corrected chi connectivity index (χ3v) is 4.05. The zero-order chi connectivity index (χ0) is 19.3. The minimum absolute atomic E-state index is 0. The molecule has 0 heterocycles. The molecule has 0 saturated heterocycles. The molecule has 0 aliphatic rings. The summed E-state index contributed by atoms with van der Waals surface area (Å²) >= 11 is 0. The van der Waals surface area contributed by atoms with Crippen LogP contribution in [0.25, 0.3) is 0 Å². The molecule has 0 aliphatic heterocycles. The van der Waals surface area contributed by atoms with E-state index in [0.29, 0.717) is 11.6 Å². The van der Waals surface area contributed by atoms with Crippen LogP contribution in [0.1, 0.15) is 54.2 Å². The Bertz CT molecular complexity index is 794. The Hall–Kier alpha value is -2.44. The van der Waals surface area contributed by atoms with Gasteiger partial charge in [-0.2, -0.15) is 0 Å². The summed E-state index contributed by atoms with van der Waals surface area (Å²) in [4.78, 5) is 23.4. The number of carbonyl (C=O) groups is 2. The molecule has 2 aromatic carbocycles. The number of halogens is 2. The smallest absolute Gasteiger partial charge is 0.254 e. The lowest BCUT2D eigenvalue weighted by atomic mass is 9.99. The summed E-state index contributed by atoms with van der Waals surface area (Å²) in [7, 11) is 0. The van der Waals surface area contributed by atoms with Crippen molar-refractivity contribution in [2.75, 3.05) is 11.9 Å². The van der Waals surface area contributed by atoms with Crippen LogP contribution in [0.5, 0.6) is 0 Å². The minimum Gasteiger partial charge on any atom is -0.350 e. The second-order valence-corrected chi connectivity index (χ2v) is 6.51. The third-order valence-electron chi connectivity index (χ3n) is 4.05. The maximum atomic E-state index is 13.9. The van der Waals surface area contributed by atoms with E-state index >= 15 is 0 Å². The molecule has 0 fully saturated rings. The SMILES string of the molecule is CC(=O)Nc1ccc(F)c(C(=O)NCC(N)c2ccc(C(C)C)cc2)c1.Cl. The van der Waals surface area contributed by atoms with Gasteiger partial charge in [0, 0.05) is 25.2 Å². The van der Waals surface area contributed by atoms with Crippen LogP contribution < -0.4 is 16.4 Å². The van der Waals surface area contributed by atoms with Gasteiger partial charge in [-0.15, -0.1) is 12.4 Å². The van der Waals surface area contributed by atoms with Crippen molar-refractivity contribution >= 4 is 29.9 Å². The molecule has 0 saturated carbocycles. The summed E-state index contributed by atoms with van der Waals surface area (Å²) in [5, 5.41) is 5.16. The van der Waals surface area contributed by atoms with E-state index in [-0.39, 0.29) is 30.4 Å². The van der Waals surface area contributed by atoms with Gasteiger partial charge >= 0.3 is 0 Å². The summed E-state index contributed by atoms with van der Waals surface area (Å²) in [6, 6.07) is 11.3. The van der Waals surface area contributed by atoms with Gasteiger partial charge in [-0.25, -0.2) is 4.39 Å². The number of nitrogens with one attached hydrogen (secondary N) is 2. The molecule has 0 aromatic heterocycles. The van der Waals surface area contributed by atoms with Crippen molar-refractivity contribution in [3.63, 3.8) is 0 Å². The zero-order valence-electron chi connectivity index (χ0n) is 15.6. The summed E-state index contributed by atoms with van der Waals surface area (Å²) in [5.41, 5.74) is 8.44.